The number of benzene rings is 3. The van der Waals surface area contributed by atoms with Gasteiger partial charge in [-0.3, -0.25) is 0 Å². The quantitative estimate of drug-likeness (QED) is 0.406. The molecule has 0 saturated carbocycles. The van der Waals surface area contributed by atoms with E-state index in [1.165, 1.54) is 12.3 Å². The van der Waals surface area contributed by atoms with E-state index in [-0.39, 0.29) is 11.5 Å². The molecule has 33 heavy (non-hydrogen) atoms. The fourth-order valence-corrected chi connectivity index (χ4v) is 4.05. The van der Waals surface area contributed by atoms with Crippen LogP contribution in [0.1, 0.15) is 6.42 Å². The van der Waals surface area contributed by atoms with Crippen molar-refractivity contribution in [2.24, 2.45) is 0 Å². The van der Waals surface area contributed by atoms with Crippen LogP contribution in [0.2, 0.25) is 0 Å². The van der Waals surface area contributed by atoms with Crippen LogP contribution in [-0.2, 0) is 9.84 Å². The van der Waals surface area contributed by atoms with Crippen LogP contribution in [0.15, 0.2) is 83.8 Å². The second-order valence-corrected chi connectivity index (χ2v) is 10.1. The van der Waals surface area contributed by atoms with Crippen molar-refractivity contribution >= 4 is 9.84 Å². The van der Waals surface area contributed by atoms with E-state index in [2.05, 4.69) is 12.1 Å². The summed E-state index contributed by atoms with van der Waals surface area (Å²) in [6, 6.07) is 24.5. The van der Waals surface area contributed by atoms with Gasteiger partial charge in [0.2, 0.25) is 0 Å². The molecule has 1 unspecified atom stereocenters. The van der Waals surface area contributed by atoms with Crippen LogP contribution in [0.5, 0.6) is 11.5 Å². The van der Waals surface area contributed by atoms with E-state index >= 15 is 0 Å². The molecule has 176 valence electrons. The molecule has 1 atom stereocenters. The van der Waals surface area contributed by atoms with E-state index in [0.717, 1.165) is 29.8 Å². The number of ether oxygens (including phenoxy) is 2. The maximum absolute atomic E-state index is 11.6. The summed E-state index contributed by atoms with van der Waals surface area (Å²) in [5, 5.41) is 10.3. The predicted octanol–water partition coefficient (Wildman–Crippen LogP) is 3.90. The molecule has 0 aliphatic rings. The third-order valence-corrected chi connectivity index (χ3v) is 6.22. The molecule has 7 heteroatoms. The largest absolute Gasteiger partial charge is 0.494 e. The molecule has 6 nitrogen and oxygen atoms in total. The first kappa shape index (κ1) is 24.8. The summed E-state index contributed by atoms with van der Waals surface area (Å²) in [5.74, 6) is 1.26. The highest BCUT2D eigenvalue weighted by atomic mass is 32.2. The predicted molar refractivity (Wildman–Crippen MR) is 131 cm³/mol. The SMILES string of the molecule is CN(CCCOc1cccc(S(C)(=O)=O)c1)CC(O)COc1ccc(-c2ccccc2)cc1. The number of hydrogen-bond acceptors (Lipinski definition) is 6. The molecule has 0 aromatic heterocycles. The summed E-state index contributed by atoms with van der Waals surface area (Å²) >= 11 is 0. The lowest BCUT2D eigenvalue weighted by molar-refractivity contribution is 0.0748. The van der Waals surface area contributed by atoms with Crippen molar-refractivity contribution in [3.8, 4) is 22.6 Å². The summed E-state index contributed by atoms with van der Waals surface area (Å²) in [4.78, 5) is 2.26. The van der Waals surface area contributed by atoms with Crippen molar-refractivity contribution in [2.75, 3.05) is 39.6 Å². The van der Waals surface area contributed by atoms with Crippen LogP contribution < -0.4 is 9.47 Å². The van der Waals surface area contributed by atoms with E-state index in [1.807, 2.05) is 54.4 Å². The minimum atomic E-state index is -3.25. The second-order valence-electron chi connectivity index (χ2n) is 8.07. The molecule has 0 bridgehead atoms. The minimum Gasteiger partial charge on any atom is -0.494 e. The normalized spacial score (nSPS) is 12.5. The molecule has 0 radical (unpaired) electrons. The van der Waals surface area contributed by atoms with Gasteiger partial charge in [0.05, 0.1) is 11.5 Å². The molecule has 0 amide bonds. The zero-order valence-corrected chi connectivity index (χ0v) is 19.9. The van der Waals surface area contributed by atoms with Crippen molar-refractivity contribution in [2.45, 2.75) is 17.4 Å². The zero-order chi connectivity index (χ0) is 23.7. The number of rotatable bonds is 12. The van der Waals surface area contributed by atoms with Gasteiger partial charge in [-0.1, -0.05) is 48.5 Å². The number of likely N-dealkylation sites (N-methyl/N-ethyl adjacent to an activating group) is 1. The lowest BCUT2D eigenvalue weighted by atomic mass is 10.1. The first-order valence-electron chi connectivity index (χ1n) is 10.9. The molecule has 3 aromatic carbocycles. The fraction of sp³-hybridized carbons (Fsp3) is 0.308. The average molecular weight is 470 g/mol. The summed E-state index contributed by atoms with van der Waals surface area (Å²) in [6.07, 6.45) is 1.31. The van der Waals surface area contributed by atoms with Gasteiger partial charge in [-0.25, -0.2) is 8.42 Å². The van der Waals surface area contributed by atoms with Crippen LogP contribution in [0, 0.1) is 0 Å². The maximum atomic E-state index is 11.6. The van der Waals surface area contributed by atoms with Crippen LogP contribution in [-0.4, -0.2) is 64.1 Å². The Labute approximate surface area is 196 Å². The Bertz CT molecular complexity index is 1100. The molecular weight excluding hydrogens is 438 g/mol. The molecule has 1 N–H and O–H groups in total. The van der Waals surface area contributed by atoms with Crippen molar-refractivity contribution in [1.82, 2.24) is 4.90 Å². The fourth-order valence-electron chi connectivity index (χ4n) is 3.39. The Morgan fingerprint density at radius 3 is 2.27 bits per heavy atom. The van der Waals surface area contributed by atoms with E-state index in [1.54, 1.807) is 18.2 Å². The minimum absolute atomic E-state index is 0.212. The highest BCUT2D eigenvalue weighted by Gasteiger charge is 2.10. The van der Waals surface area contributed by atoms with E-state index in [9.17, 15) is 13.5 Å². The average Bonchev–Trinajstić information content (AvgIpc) is 2.81. The van der Waals surface area contributed by atoms with Gasteiger partial charge in [-0.2, -0.15) is 0 Å². The molecule has 0 aliphatic carbocycles. The summed E-state index contributed by atoms with van der Waals surface area (Å²) in [6.45, 7) is 1.88. The van der Waals surface area contributed by atoms with Gasteiger partial charge in [-0.15, -0.1) is 0 Å². The van der Waals surface area contributed by atoms with Gasteiger partial charge < -0.3 is 19.5 Å². The highest BCUT2D eigenvalue weighted by Crippen LogP contribution is 2.22. The van der Waals surface area contributed by atoms with Crippen LogP contribution in [0.4, 0.5) is 0 Å². The number of hydrogen-bond donors (Lipinski definition) is 1. The standard InChI is InChI=1S/C26H31NO5S/c1-27(16-7-17-31-25-10-6-11-26(18-25)33(2,29)30)19-23(28)20-32-24-14-12-22(13-15-24)21-8-4-3-5-9-21/h3-6,8-15,18,23,28H,7,16-17,19-20H2,1-2H3. The molecule has 0 spiro atoms. The van der Waals surface area contributed by atoms with Gasteiger partial charge in [0.25, 0.3) is 0 Å². The number of nitrogens with zero attached hydrogens (tertiary/aromatic N) is 1. The number of sulfone groups is 1. The number of aliphatic hydroxyl groups excluding tert-OH is 1. The maximum Gasteiger partial charge on any atom is 0.175 e. The monoisotopic (exact) mass is 469 g/mol. The Morgan fingerprint density at radius 1 is 0.879 bits per heavy atom. The summed E-state index contributed by atoms with van der Waals surface area (Å²) in [5.41, 5.74) is 2.27. The topological polar surface area (TPSA) is 76.1 Å². The van der Waals surface area contributed by atoms with Gasteiger partial charge in [0.15, 0.2) is 9.84 Å². The van der Waals surface area contributed by atoms with E-state index in [0.29, 0.717) is 18.9 Å². The molecule has 0 fully saturated rings. The summed E-state index contributed by atoms with van der Waals surface area (Å²) in [7, 11) is -1.32. The highest BCUT2D eigenvalue weighted by molar-refractivity contribution is 7.90. The first-order chi connectivity index (χ1) is 15.8. The smallest absolute Gasteiger partial charge is 0.175 e. The molecular formula is C26H31NO5S. The van der Waals surface area contributed by atoms with Crippen LogP contribution in [0.25, 0.3) is 11.1 Å². The third kappa shape index (κ3) is 8.20. The van der Waals surface area contributed by atoms with E-state index in [4.69, 9.17) is 9.47 Å². The Kier molecular flexibility index (Phi) is 8.88. The molecule has 3 rings (SSSR count). The van der Waals surface area contributed by atoms with Crippen LogP contribution >= 0.6 is 0 Å². The third-order valence-electron chi connectivity index (χ3n) is 5.11. The van der Waals surface area contributed by atoms with Crippen LogP contribution in [0.3, 0.4) is 0 Å². The zero-order valence-electron chi connectivity index (χ0n) is 19.1. The van der Waals surface area contributed by atoms with Crippen molar-refractivity contribution in [3.63, 3.8) is 0 Å². The Balaban J connectivity index is 1.35. The van der Waals surface area contributed by atoms with Gasteiger partial charge in [0.1, 0.15) is 24.2 Å². The second kappa shape index (κ2) is 11.8. The van der Waals surface area contributed by atoms with Crippen molar-refractivity contribution < 1.29 is 23.0 Å². The van der Waals surface area contributed by atoms with Gasteiger partial charge >= 0.3 is 0 Å². The lowest BCUT2D eigenvalue weighted by Crippen LogP contribution is -2.34. The van der Waals surface area contributed by atoms with Crippen molar-refractivity contribution in [1.29, 1.82) is 0 Å². The number of aliphatic hydroxyl groups is 1. The molecule has 0 aliphatic heterocycles. The van der Waals surface area contributed by atoms with Crippen molar-refractivity contribution in [3.05, 3.63) is 78.9 Å². The Morgan fingerprint density at radius 2 is 1.58 bits per heavy atom. The van der Waals surface area contributed by atoms with E-state index < -0.39 is 15.9 Å². The Hall–Kier alpha value is -2.87. The molecule has 3 aromatic rings. The molecule has 0 saturated heterocycles. The lowest BCUT2D eigenvalue weighted by Gasteiger charge is -2.21. The summed E-state index contributed by atoms with van der Waals surface area (Å²) < 4.78 is 34.7. The van der Waals surface area contributed by atoms with Gasteiger partial charge in [0, 0.05) is 19.3 Å². The molecule has 0 heterocycles. The first-order valence-corrected chi connectivity index (χ1v) is 12.8. The van der Waals surface area contributed by atoms with Gasteiger partial charge in [-0.05, 0) is 54.9 Å².